The zero-order chi connectivity index (χ0) is 8.27. The molecule has 3 N–H and O–H groups in total. The summed E-state index contributed by atoms with van der Waals surface area (Å²) in [4.78, 5) is 4.00. The first-order valence-electron chi connectivity index (χ1n) is 3.53. The summed E-state index contributed by atoms with van der Waals surface area (Å²) in [5, 5.41) is 7.45. The van der Waals surface area contributed by atoms with Crippen LogP contribution in [0.3, 0.4) is 0 Å². The molecule has 0 fully saturated rings. The summed E-state index contributed by atoms with van der Waals surface area (Å²) in [6.45, 7) is 1.93. The summed E-state index contributed by atoms with van der Waals surface area (Å²) < 4.78 is 0. The maximum Gasteiger partial charge on any atom is 0.0838 e. The van der Waals surface area contributed by atoms with Gasteiger partial charge in [-0.2, -0.15) is 0 Å². The Labute approximate surface area is 65.8 Å². The fraction of sp³-hybridized carbons (Fsp3) is 0.250. The molecule has 0 aliphatic heterocycles. The van der Waals surface area contributed by atoms with E-state index in [1.165, 1.54) is 0 Å². The predicted octanol–water partition coefficient (Wildman–Crippen LogP) is 1.44. The van der Waals surface area contributed by atoms with Crippen molar-refractivity contribution < 1.29 is 0 Å². The Balaban J connectivity index is 2.90. The first-order chi connectivity index (χ1) is 5.24. The lowest BCUT2D eigenvalue weighted by atomic mass is 10.2. The minimum atomic E-state index is 0.546. The highest BCUT2D eigenvalue weighted by Gasteiger charge is 1.97. The molecule has 0 amide bonds. The minimum absolute atomic E-state index is 0.546. The van der Waals surface area contributed by atoms with Crippen LogP contribution in [0.15, 0.2) is 18.3 Å². The van der Waals surface area contributed by atoms with Crippen molar-refractivity contribution in [2.75, 3.05) is 5.73 Å². The summed E-state index contributed by atoms with van der Waals surface area (Å²) in [5.74, 6) is 0. The molecule has 0 aliphatic rings. The summed E-state index contributed by atoms with van der Waals surface area (Å²) in [7, 11) is 0. The second-order valence-electron chi connectivity index (χ2n) is 2.31. The first kappa shape index (κ1) is 7.72. The molecule has 1 aromatic rings. The van der Waals surface area contributed by atoms with Crippen LogP contribution >= 0.6 is 0 Å². The number of pyridine rings is 1. The normalized spacial score (nSPS) is 9.55. The van der Waals surface area contributed by atoms with Crippen LogP contribution in [0.5, 0.6) is 0 Å². The Kier molecular flexibility index (Phi) is 2.21. The number of nitrogens with one attached hydrogen (secondary N) is 1. The molecule has 0 spiro atoms. The molecule has 58 valence electrons. The van der Waals surface area contributed by atoms with Gasteiger partial charge in [0.1, 0.15) is 0 Å². The molecular formula is C8H11N3. The van der Waals surface area contributed by atoms with Gasteiger partial charge in [-0.05, 0) is 18.6 Å². The van der Waals surface area contributed by atoms with Crippen LogP contribution in [-0.2, 0) is 0 Å². The molecule has 0 bridgehead atoms. The third-order valence-electron chi connectivity index (χ3n) is 1.45. The number of hydrogen-bond acceptors (Lipinski definition) is 3. The molecular weight excluding hydrogens is 138 g/mol. The highest BCUT2D eigenvalue weighted by atomic mass is 14.7. The van der Waals surface area contributed by atoms with Gasteiger partial charge < -0.3 is 11.1 Å². The van der Waals surface area contributed by atoms with E-state index >= 15 is 0 Å². The third kappa shape index (κ3) is 1.77. The van der Waals surface area contributed by atoms with Crippen LogP contribution in [0, 0.1) is 5.41 Å². The molecule has 0 radical (unpaired) electrons. The van der Waals surface area contributed by atoms with E-state index in [9.17, 15) is 0 Å². The lowest BCUT2D eigenvalue weighted by Crippen LogP contribution is -2.00. The van der Waals surface area contributed by atoms with Crippen LogP contribution in [0.25, 0.3) is 0 Å². The zero-order valence-electron chi connectivity index (χ0n) is 6.46. The summed E-state index contributed by atoms with van der Waals surface area (Å²) in [5.41, 5.74) is 7.33. The van der Waals surface area contributed by atoms with E-state index in [-0.39, 0.29) is 0 Å². The number of anilines is 1. The average molecular weight is 149 g/mol. The lowest BCUT2D eigenvalue weighted by Gasteiger charge is -1.98. The van der Waals surface area contributed by atoms with E-state index in [2.05, 4.69) is 4.98 Å². The first-order valence-corrected chi connectivity index (χ1v) is 3.53. The Morgan fingerprint density at radius 3 is 2.82 bits per heavy atom. The van der Waals surface area contributed by atoms with Crippen molar-refractivity contribution >= 4 is 11.4 Å². The molecule has 0 unspecified atom stereocenters. The fourth-order valence-electron chi connectivity index (χ4n) is 0.765. The molecule has 0 atom stereocenters. The number of nitrogen functional groups attached to an aromatic ring is 1. The van der Waals surface area contributed by atoms with Crippen molar-refractivity contribution in [3.8, 4) is 0 Å². The van der Waals surface area contributed by atoms with E-state index in [0.29, 0.717) is 23.5 Å². The number of nitrogens with zero attached hydrogens (tertiary/aromatic N) is 1. The summed E-state index contributed by atoms with van der Waals surface area (Å²) in [6, 6.07) is 3.52. The van der Waals surface area contributed by atoms with Gasteiger partial charge in [0.2, 0.25) is 0 Å². The second kappa shape index (κ2) is 3.14. The smallest absolute Gasteiger partial charge is 0.0838 e. The van der Waals surface area contributed by atoms with Crippen LogP contribution in [0.1, 0.15) is 19.0 Å². The van der Waals surface area contributed by atoms with Crippen molar-refractivity contribution in [3.05, 3.63) is 24.0 Å². The van der Waals surface area contributed by atoms with Crippen LogP contribution in [0.4, 0.5) is 5.69 Å². The number of nitrogens with two attached hydrogens (primary N) is 1. The van der Waals surface area contributed by atoms with Gasteiger partial charge >= 0.3 is 0 Å². The zero-order valence-corrected chi connectivity index (χ0v) is 6.46. The summed E-state index contributed by atoms with van der Waals surface area (Å²) in [6.07, 6.45) is 2.27. The molecule has 1 heterocycles. The molecule has 1 rings (SSSR count). The van der Waals surface area contributed by atoms with Gasteiger partial charge in [0, 0.05) is 0 Å². The number of hydrogen-bond donors (Lipinski definition) is 2. The molecule has 0 saturated heterocycles. The Hall–Kier alpha value is -1.38. The highest BCUT2D eigenvalue weighted by Crippen LogP contribution is 2.02. The van der Waals surface area contributed by atoms with Gasteiger partial charge in [-0.3, -0.25) is 4.98 Å². The van der Waals surface area contributed by atoms with Crippen molar-refractivity contribution in [2.45, 2.75) is 13.3 Å². The molecule has 0 aromatic carbocycles. The van der Waals surface area contributed by atoms with E-state index in [0.717, 1.165) is 0 Å². The van der Waals surface area contributed by atoms with E-state index in [4.69, 9.17) is 11.1 Å². The molecule has 3 nitrogen and oxygen atoms in total. The van der Waals surface area contributed by atoms with Crippen LogP contribution in [-0.4, -0.2) is 10.7 Å². The van der Waals surface area contributed by atoms with Crippen molar-refractivity contribution in [2.24, 2.45) is 0 Å². The monoisotopic (exact) mass is 149 g/mol. The largest absolute Gasteiger partial charge is 0.397 e. The van der Waals surface area contributed by atoms with Crippen molar-refractivity contribution in [1.29, 1.82) is 5.41 Å². The SMILES string of the molecule is CCC(=N)c1ccc(N)cn1. The second-order valence-corrected chi connectivity index (χ2v) is 2.31. The number of aromatic nitrogens is 1. The molecule has 11 heavy (non-hydrogen) atoms. The van der Waals surface area contributed by atoms with Crippen molar-refractivity contribution in [1.82, 2.24) is 4.98 Å². The Morgan fingerprint density at radius 1 is 1.64 bits per heavy atom. The predicted molar refractivity (Wildman–Crippen MR) is 45.8 cm³/mol. The van der Waals surface area contributed by atoms with Gasteiger partial charge in [0.25, 0.3) is 0 Å². The van der Waals surface area contributed by atoms with Crippen molar-refractivity contribution in [3.63, 3.8) is 0 Å². The van der Waals surface area contributed by atoms with E-state index in [1.807, 2.05) is 6.92 Å². The molecule has 3 heteroatoms. The maximum atomic E-state index is 7.45. The lowest BCUT2D eigenvalue weighted by molar-refractivity contribution is 1.19. The Morgan fingerprint density at radius 2 is 2.36 bits per heavy atom. The van der Waals surface area contributed by atoms with E-state index in [1.54, 1.807) is 18.3 Å². The maximum absolute atomic E-state index is 7.45. The van der Waals surface area contributed by atoms with Gasteiger partial charge in [-0.25, -0.2) is 0 Å². The molecule has 0 aliphatic carbocycles. The number of rotatable bonds is 2. The molecule has 1 aromatic heterocycles. The third-order valence-corrected chi connectivity index (χ3v) is 1.45. The topological polar surface area (TPSA) is 62.8 Å². The van der Waals surface area contributed by atoms with Gasteiger partial charge in [-0.15, -0.1) is 0 Å². The van der Waals surface area contributed by atoms with E-state index < -0.39 is 0 Å². The molecule has 0 saturated carbocycles. The van der Waals surface area contributed by atoms with Crippen LogP contribution in [0.2, 0.25) is 0 Å². The standard InChI is InChI=1S/C8H11N3/c1-2-7(10)8-4-3-6(9)5-11-8/h3-5,10H,2,9H2,1H3. The highest BCUT2D eigenvalue weighted by molar-refractivity contribution is 5.96. The average Bonchev–Trinajstić information content (AvgIpc) is 2.05. The van der Waals surface area contributed by atoms with Gasteiger partial charge in [0.15, 0.2) is 0 Å². The Bertz CT molecular complexity index is 251. The quantitative estimate of drug-likeness (QED) is 0.625. The minimum Gasteiger partial charge on any atom is -0.397 e. The fourth-order valence-corrected chi connectivity index (χ4v) is 0.765. The van der Waals surface area contributed by atoms with Gasteiger partial charge in [0.05, 0.1) is 23.3 Å². The van der Waals surface area contributed by atoms with Crippen LogP contribution < -0.4 is 5.73 Å². The summed E-state index contributed by atoms with van der Waals surface area (Å²) >= 11 is 0. The van der Waals surface area contributed by atoms with Gasteiger partial charge in [-0.1, -0.05) is 6.92 Å².